The molecule has 1 heterocycles. The molecule has 116 valence electrons. The summed E-state index contributed by atoms with van der Waals surface area (Å²) in [5.41, 5.74) is 1.31. The molecule has 1 aromatic rings. The van der Waals surface area contributed by atoms with Crippen LogP contribution in [0.5, 0.6) is 0 Å². The number of aliphatic carboxylic acids is 1. The molecule has 21 heavy (non-hydrogen) atoms. The second kappa shape index (κ2) is 7.85. The van der Waals surface area contributed by atoms with Gasteiger partial charge in [-0.25, -0.2) is 0 Å². The first-order valence-electron chi connectivity index (χ1n) is 7.75. The number of benzene rings is 1. The SMILES string of the molecule is CC(C)CCc1cccc(SC(C(=O)O)C2CCNC2)c1. The third-order valence-electron chi connectivity index (χ3n) is 3.94. The molecule has 0 amide bonds. The molecular formula is C17H25NO2S. The van der Waals surface area contributed by atoms with Gasteiger partial charge in [0.05, 0.1) is 0 Å². The molecular weight excluding hydrogens is 282 g/mol. The van der Waals surface area contributed by atoms with E-state index in [1.807, 2.05) is 12.1 Å². The Hall–Kier alpha value is -1.00. The van der Waals surface area contributed by atoms with Crippen molar-refractivity contribution in [2.24, 2.45) is 11.8 Å². The molecule has 0 radical (unpaired) electrons. The van der Waals surface area contributed by atoms with Gasteiger partial charge in [0.25, 0.3) is 0 Å². The van der Waals surface area contributed by atoms with Gasteiger partial charge in [0.1, 0.15) is 5.25 Å². The van der Waals surface area contributed by atoms with Gasteiger partial charge < -0.3 is 10.4 Å². The Balaban J connectivity index is 2.02. The van der Waals surface area contributed by atoms with Crippen LogP contribution in [0.1, 0.15) is 32.3 Å². The van der Waals surface area contributed by atoms with E-state index in [1.54, 1.807) is 0 Å². The molecule has 1 saturated heterocycles. The summed E-state index contributed by atoms with van der Waals surface area (Å²) in [5.74, 6) is 0.228. The van der Waals surface area contributed by atoms with Crippen molar-refractivity contribution in [3.63, 3.8) is 0 Å². The highest BCUT2D eigenvalue weighted by molar-refractivity contribution is 8.00. The van der Waals surface area contributed by atoms with Crippen molar-refractivity contribution in [3.8, 4) is 0 Å². The summed E-state index contributed by atoms with van der Waals surface area (Å²) >= 11 is 1.50. The van der Waals surface area contributed by atoms with Crippen LogP contribution >= 0.6 is 11.8 Å². The first-order chi connectivity index (χ1) is 10.1. The van der Waals surface area contributed by atoms with E-state index in [2.05, 4.69) is 31.3 Å². The molecule has 2 atom stereocenters. The van der Waals surface area contributed by atoms with Crippen LogP contribution in [0.4, 0.5) is 0 Å². The predicted molar refractivity (Wildman–Crippen MR) is 87.9 cm³/mol. The molecule has 2 N–H and O–H groups in total. The average molecular weight is 307 g/mol. The van der Waals surface area contributed by atoms with Gasteiger partial charge in [0, 0.05) is 4.90 Å². The van der Waals surface area contributed by atoms with Gasteiger partial charge in [-0.1, -0.05) is 26.0 Å². The molecule has 0 aliphatic carbocycles. The molecule has 4 heteroatoms. The van der Waals surface area contributed by atoms with E-state index in [0.717, 1.165) is 30.8 Å². The lowest BCUT2D eigenvalue weighted by molar-refractivity contribution is -0.137. The maximum atomic E-state index is 11.5. The van der Waals surface area contributed by atoms with Crippen LogP contribution in [0.15, 0.2) is 29.2 Å². The first-order valence-corrected chi connectivity index (χ1v) is 8.63. The van der Waals surface area contributed by atoms with E-state index in [4.69, 9.17) is 0 Å². The summed E-state index contributed by atoms with van der Waals surface area (Å²) in [6, 6.07) is 8.37. The Morgan fingerprint density at radius 2 is 2.29 bits per heavy atom. The monoisotopic (exact) mass is 307 g/mol. The molecule has 0 aromatic heterocycles. The molecule has 0 bridgehead atoms. The molecule has 1 fully saturated rings. The summed E-state index contributed by atoms with van der Waals surface area (Å²) in [7, 11) is 0. The second-order valence-corrected chi connectivity index (χ2v) is 7.42. The standard InChI is InChI=1S/C17H25NO2S/c1-12(2)6-7-13-4-3-5-15(10-13)21-16(17(19)20)14-8-9-18-11-14/h3-5,10,12,14,16,18H,6-9,11H2,1-2H3,(H,19,20). The van der Waals surface area contributed by atoms with Gasteiger partial charge in [-0.05, 0) is 61.9 Å². The Kier molecular flexibility index (Phi) is 6.12. The molecule has 0 saturated carbocycles. The summed E-state index contributed by atoms with van der Waals surface area (Å²) in [5, 5.41) is 12.4. The number of rotatable bonds is 7. The van der Waals surface area contributed by atoms with Gasteiger partial charge in [0.2, 0.25) is 0 Å². The third-order valence-corrected chi connectivity index (χ3v) is 5.31. The Bertz CT molecular complexity index is 470. The highest BCUT2D eigenvalue weighted by atomic mass is 32.2. The number of nitrogens with one attached hydrogen (secondary N) is 1. The van der Waals surface area contributed by atoms with Crippen LogP contribution in [-0.2, 0) is 11.2 Å². The van der Waals surface area contributed by atoms with Crippen LogP contribution in [0.3, 0.4) is 0 Å². The van der Waals surface area contributed by atoms with Crippen molar-refractivity contribution in [1.29, 1.82) is 0 Å². The van der Waals surface area contributed by atoms with Crippen molar-refractivity contribution < 1.29 is 9.90 Å². The molecule has 1 aliphatic rings. The van der Waals surface area contributed by atoms with E-state index < -0.39 is 5.97 Å². The number of carboxylic acid groups (broad SMARTS) is 1. The minimum atomic E-state index is -0.693. The van der Waals surface area contributed by atoms with Crippen molar-refractivity contribution >= 4 is 17.7 Å². The van der Waals surface area contributed by atoms with Crippen LogP contribution in [0.25, 0.3) is 0 Å². The van der Waals surface area contributed by atoms with Gasteiger partial charge in [0.15, 0.2) is 0 Å². The first kappa shape index (κ1) is 16.4. The van der Waals surface area contributed by atoms with Crippen LogP contribution in [-0.4, -0.2) is 29.4 Å². The lowest BCUT2D eigenvalue weighted by atomic mass is 10.0. The Labute approximate surface area is 131 Å². The zero-order valence-electron chi connectivity index (χ0n) is 12.8. The second-order valence-electron chi connectivity index (χ2n) is 6.21. The maximum absolute atomic E-state index is 11.5. The van der Waals surface area contributed by atoms with Gasteiger partial charge in [-0.15, -0.1) is 11.8 Å². The number of carboxylic acids is 1. The average Bonchev–Trinajstić information content (AvgIpc) is 2.96. The van der Waals surface area contributed by atoms with E-state index in [-0.39, 0.29) is 11.2 Å². The molecule has 1 aliphatic heterocycles. The van der Waals surface area contributed by atoms with Crippen LogP contribution < -0.4 is 5.32 Å². The summed E-state index contributed by atoms with van der Waals surface area (Å²) in [6.45, 7) is 6.21. The van der Waals surface area contributed by atoms with Crippen LogP contribution in [0, 0.1) is 11.8 Å². The third kappa shape index (κ3) is 5.04. The van der Waals surface area contributed by atoms with E-state index >= 15 is 0 Å². The summed E-state index contributed by atoms with van der Waals surface area (Å²) < 4.78 is 0. The number of thioether (sulfide) groups is 1. The van der Waals surface area contributed by atoms with Gasteiger partial charge in [-0.2, -0.15) is 0 Å². The minimum Gasteiger partial charge on any atom is -0.480 e. The number of aryl methyl sites for hydroxylation is 1. The number of hydrogen-bond donors (Lipinski definition) is 2. The highest BCUT2D eigenvalue weighted by Gasteiger charge is 2.31. The van der Waals surface area contributed by atoms with E-state index in [0.29, 0.717) is 5.92 Å². The number of hydrogen-bond acceptors (Lipinski definition) is 3. The summed E-state index contributed by atoms with van der Waals surface area (Å²) in [6.07, 6.45) is 3.19. The lowest BCUT2D eigenvalue weighted by Gasteiger charge is -2.18. The molecule has 2 unspecified atom stereocenters. The zero-order chi connectivity index (χ0) is 15.2. The molecule has 2 rings (SSSR count). The van der Waals surface area contributed by atoms with Gasteiger partial charge >= 0.3 is 5.97 Å². The van der Waals surface area contributed by atoms with Crippen molar-refractivity contribution in [1.82, 2.24) is 5.32 Å². The van der Waals surface area contributed by atoms with Gasteiger partial charge in [-0.3, -0.25) is 4.79 Å². The number of carbonyl (C=O) groups is 1. The maximum Gasteiger partial charge on any atom is 0.317 e. The molecule has 0 spiro atoms. The van der Waals surface area contributed by atoms with Crippen molar-refractivity contribution in [2.45, 2.75) is 43.3 Å². The largest absolute Gasteiger partial charge is 0.480 e. The van der Waals surface area contributed by atoms with E-state index in [1.165, 1.54) is 23.7 Å². The normalized spacial score (nSPS) is 19.9. The fraction of sp³-hybridized carbons (Fsp3) is 0.588. The van der Waals surface area contributed by atoms with Crippen molar-refractivity contribution in [3.05, 3.63) is 29.8 Å². The highest BCUT2D eigenvalue weighted by Crippen LogP contribution is 2.32. The predicted octanol–water partition coefficient (Wildman–Crippen LogP) is 3.43. The van der Waals surface area contributed by atoms with Crippen LogP contribution in [0.2, 0.25) is 0 Å². The minimum absolute atomic E-state index is 0.229. The lowest BCUT2D eigenvalue weighted by Crippen LogP contribution is -2.28. The molecule has 1 aromatic carbocycles. The zero-order valence-corrected chi connectivity index (χ0v) is 13.7. The smallest absolute Gasteiger partial charge is 0.317 e. The fourth-order valence-electron chi connectivity index (χ4n) is 2.66. The Morgan fingerprint density at radius 1 is 1.48 bits per heavy atom. The molecule has 3 nitrogen and oxygen atoms in total. The van der Waals surface area contributed by atoms with Crippen molar-refractivity contribution in [2.75, 3.05) is 13.1 Å². The topological polar surface area (TPSA) is 49.3 Å². The Morgan fingerprint density at radius 3 is 2.90 bits per heavy atom. The summed E-state index contributed by atoms with van der Waals surface area (Å²) in [4.78, 5) is 12.6. The van der Waals surface area contributed by atoms with E-state index in [9.17, 15) is 9.90 Å². The fourth-order valence-corrected chi connectivity index (χ4v) is 3.86. The quantitative estimate of drug-likeness (QED) is 0.758.